The van der Waals surface area contributed by atoms with Crippen molar-refractivity contribution in [1.82, 2.24) is 34.3 Å². The van der Waals surface area contributed by atoms with Crippen molar-refractivity contribution in [3.05, 3.63) is 76.9 Å². The Bertz CT molecular complexity index is 1530. The average molecular weight is 476 g/mol. The smallest absolute Gasteiger partial charge is 0.261 e. The molecule has 1 aliphatic rings. The molecule has 1 saturated heterocycles. The quantitative estimate of drug-likeness (QED) is 0.387. The van der Waals surface area contributed by atoms with Gasteiger partial charge >= 0.3 is 0 Å². The van der Waals surface area contributed by atoms with E-state index in [1.807, 2.05) is 34.8 Å². The summed E-state index contributed by atoms with van der Waals surface area (Å²) in [5.74, 6) is 0.847. The van der Waals surface area contributed by atoms with Crippen molar-refractivity contribution in [2.24, 2.45) is 0 Å². The standard InChI is InChI=1S/C24H22FN7OS/c25-18-5-3-4-17(14-18)22-29-32-21(27-28-24(32)34-22)16-8-10-30(11-9-16)12-13-31-15-26-20-7-2-1-6-19(20)23(31)33/h1-7,14-16H,8-13H2. The minimum absolute atomic E-state index is 0.00368. The lowest BCUT2D eigenvalue weighted by Crippen LogP contribution is -2.37. The predicted octanol–water partition coefficient (Wildman–Crippen LogP) is 3.58. The summed E-state index contributed by atoms with van der Waals surface area (Å²) in [6.45, 7) is 3.23. The highest BCUT2D eigenvalue weighted by molar-refractivity contribution is 7.19. The zero-order valence-corrected chi connectivity index (χ0v) is 19.2. The van der Waals surface area contributed by atoms with Crippen LogP contribution in [-0.2, 0) is 6.54 Å². The first-order chi connectivity index (χ1) is 16.7. The van der Waals surface area contributed by atoms with Crippen molar-refractivity contribution in [3.63, 3.8) is 0 Å². The molecular weight excluding hydrogens is 453 g/mol. The molecular formula is C24H22FN7OS. The molecule has 0 N–H and O–H groups in total. The van der Waals surface area contributed by atoms with Crippen LogP contribution in [0.15, 0.2) is 59.7 Å². The van der Waals surface area contributed by atoms with E-state index < -0.39 is 0 Å². The fraction of sp³-hybridized carbons (Fsp3) is 0.292. The lowest BCUT2D eigenvalue weighted by Gasteiger charge is -2.30. The van der Waals surface area contributed by atoms with Gasteiger partial charge < -0.3 is 4.90 Å². The molecule has 0 bridgehead atoms. The largest absolute Gasteiger partial charge is 0.302 e. The van der Waals surface area contributed by atoms with Gasteiger partial charge in [-0.15, -0.1) is 10.2 Å². The number of nitrogens with zero attached hydrogens (tertiary/aromatic N) is 7. The highest BCUT2D eigenvalue weighted by Crippen LogP contribution is 2.31. The summed E-state index contributed by atoms with van der Waals surface area (Å²) in [6, 6.07) is 13.9. The molecule has 0 amide bonds. The van der Waals surface area contributed by atoms with E-state index in [9.17, 15) is 9.18 Å². The Hall–Kier alpha value is -3.50. The van der Waals surface area contributed by atoms with E-state index in [0.717, 1.165) is 59.3 Å². The van der Waals surface area contributed by atoms with Crippen LogP contribution in [0, 0.1) is 5.82 Å². The van der Waals surface area contributed by atoms with Gasteiger partial charge in [0, 0.05) is 24.6 Å². The third kappa shape index (κ3) is 3.88. The van der Waals surface area contributed by atoms with Gasteiger partial charge in [0.05, 0.1) is 17.2 Å². The molecule has 6 rings (SSSR count). The summed E-state index contributed by atoms with van der Waals surface area (Å²) in [5.41, 5.74) is 1.48. The van der Waals surface area contributed by atoms with Gasteiger partial charge in [0.2, 0.25) is 4.96 Å². The molecule has 1 aliphatic heterocycles. The number of rotatable bonds is 5. The number of hydrogen-bond donors (Lipinski definition) is 0. The molecule has 172 valence electrons. The van der Waals surface area contributed by atoms with Crippen LogP contribution in [0.3, 0.4) is 0 Å². The van der Waals surface area contributed by atoms with Crippen molar-refractivity contribution >= 4 is 27.2 Å². The van der Waals surface area contributed by atoms with Crippen LogP contribution in [-0.4, -0.2) is 53.9 Å². The second-order valence-electron chi connectivity index (χ2n) is 8.55. The molecule has 0 radical (unpaired) electrons. The van der Waals surface area contributed by atoms with E-state index in [-0.39, 0.29) is 17.3 Å². The summed E-state index contributed by atoms with van der Waals surface area (Å²) >= 11 is 1.42. The third-order valence-electron chi connectivity index (χ3n) is 6.43. The third-order valence-corrected chi connectivity index (χ3v) is 7.38. The summed E-state index contributed by atoms with van der Waals surface area (Å²) in [7, 11) is 0. The molecule has 0 aliphatic carbocycles. The number of fused-ring (bicyclic) bond motifs is 2. The maximum absolute atomic E-state index is 13.6. The van der Waals surface area contributed by atoms with Crippen molar-refractivity contribution in [2.45, 2.75) is 25.3 Å². The van der Waals surface area contributed by atoms with E-state index >= 15 is 0 Å². The summed E-state index contributed by atoms with van der Waals surface area (Å²) in [4.78, 5) is 20.2. The van der Waals surface area contributed by atoms with Crippen molar-refractivity contribution in [3.8, 4) is 10.6 Å². The Labute approximate surface area is 198 Å². The number of likely N-dealkylation sites (tertiary alicyclic amines) is 1. The molecule has 2 aromatic carbocycles. The molecule has 3 aromatic heterocycles. The molecule has 0 atom stereocenters. The number of hydrogen-bond acceptors (Lipinski definition) is 7. The van der Waals surface area contributed by atoms with Gasteiger partial charge in [0.25, 0.3) is 5.56 Å². The minimum atomic E-state index is -0.280. The first-order valence-electron chi connectivity index (χ1n) is 11.3. The Balaban J connectivity index is 1.12. The minimum Gasteiger partial charge on any atom is -0.302 e. The fourth-order valence-corrected chi connectivity index (χ4v) is 5.40. The maximum atomic E-state index is 13.6. The average Bonchev–Trinajstić information content (AvgIpc) is 3.46. The van der Waals surface area contributed by atoms with Gasteiger partial charge in [-0.25, -0.2) is 9.37 Å². The molecule has 34 heavy (non-hydrogen) atoms. The molecule has 5 aromatic rings. The van der Waals surface area contributed by atoms with Crippen LogP contribution in [0.2, 0.25) is 0 Å². The Kier molecular flexibility index (Phi) is 5.39. The number of aromatic nitrogens is 6. The molecule has 0 saturated carbocycles. The Morgan fingerprint density at radius 1 is 1.03 bits per heavy atom. The van der Waals surface area contributed by atoms with Gasteiger partial charge in [0.15, 0.2) is 5.82 Å². The van der Waals surface area contributed by atoms with Crippen LogP contribution in [0.4, 0.5) is 4.39 Å². The van der Waals surface area contributed by atoms with E-state index in [4.69, 9.17) is 0 Å². The Morgan fingerprint density at radius 2 is 1.88 bits per heavy atom. The SMILES string of the molecule is O=c1c2ccccc2ncn1CCN1CCC(c2nnc3sc(-c4cccc(F)c4)nn23)CC1. The summed E-state index contributed by atoms with van der Waals surface area (Å²) < 4.78 is 17.1. The first-order valence-corrected chi connectivity index (χ1v) is 12.1. The van der Waals surface area contributed by atoms with Crippen LogP contribution in [0.25, 0.3) is 26.4 Å². The van der Waals surface area contributed by atoms with E-state index in [0.29, 0.717) is 11.9 Å². The van der Waals surface area contributed by atoms with Crippen molar-refractivity contribution in [1.29, 1.82) is 0 Å². The lowest BCUT2D eigenvalue weighted by molar-refractivity contribution is 0.201. The van der Waals surface area contributed by atoms with E-state index in [2.05, 4.69) is 25.2 Å². The maximum Gasteiger partial charge on any atom is 0.261 e. The monoisotopic (exact) mass is 475 g/mol. The number of halogens is 1. The van der Waals surface area contributed by atoms with Gasteiger partial charge in [-0.05, 0) is 50.2 Å². The van der Waals surface area contributed by atoms with E-state index in [1.54, 1.807) is 17.0 Å². The van der Waals surface area contributed by atoms with Crippen LogP contribution in [0.5, 0.6) is 0 Å². The summed E-state index contributed by atoms with van der Waals surface area (Å²) in [5, 5.41) is 14.8. The first kappa shape index (κ1) is 21.1. The lowest BCUT2D eigenvalue weighted by atomic mass is 9.96. The summed E-state index contributed by atoms with van der Waals surface area (Å²) in [6.07, 6.45) is 3.53. The number of piperidine rings is 1. The normalized spacial score (nSPS) is 15.4. The van der Waals surface area contributed by atoms with Gasteiger partial charge in [-0.2, -0.15) is 9.61 Å². The highest BCUT2D eigenvalue weighted by atomic mass is 32.1. The van der Waals surface area contributed by atoms with E-state index in [1.165, 1.54) is 23.5 Å². The van der Waals surface area contributed by atoms with Crippen LogP contribution < -0.4 is 5.56 Å². The molecule has 1 fully saturated rings. The van der Waals surface area contributed by atoms with Crippen LogP contribution >= 0.6 is 11.3 Å². The molecule has 8 nitrogen and oxygen atoms in total. The Morgan fingerprint density at radius 3 is 2.74 bits per heavy atom. The fourth-order valence-electron chi connectivity index (χ4n) is 4.55. The molecule has 4 heterocycles. The predicted molar refractivity (Wildman–Crippen MR) is 128 cm³/mol. The van der Waals surface area contributed by atoms with Crippen molar-refractivity contribution in [2.75, 3.05) is 19.6 Å². The van der Waals surface area contributed by atoms with Crippen LogP contribution in [0.1, 0.15) is 24.6 Å². The topological polar surface area (TPSA) is 81.2 Å². The molecule has 10 heteroatoms. The van der Waals surface area contributed by atoms with Gasteiger partial charge in [0.1, 0.15) is 10.8 Å². The molecule has 0 unspecified atom stereocenters. The number of benzene rings is 2. The zero-order valence-electron chi connectivity index (χ0n) is 18.3. The van der Waals surface area contributed by atoms with Gasteiger partial charge in [-0.3, -0.25) is 9.36 Å². The second-order valence-corrected chi connectivity index (χ2v) is 9.50. The zero-order chi connectivity index (χ0) is 23.1. The number of para-hydroxylation sites is 1. The van der Waals surface area contributed by atoms with Gasteiger partial charge in [-0.1, -0.05) is 35.6 Å². The van der Waals surface area contributed by atoms with Crippen molar-refractivity contribution < 1.29 is 4.39 Å². The second kappa shape index (κ2) is 8.69. The highest BCUT2D eigenvalue weighted by Gasteiger charge is 2.26. The molecule has 0 spiro atoms.